The highest BCUT2D eigenvalue weighted by atomic mass is 35.5. The number of likely N-dealkylation sites (tertiary alicyclic amines) is 1. The summed E-state index contributed by atoms with van der Waals surface area (Å²) in [7, 11) is 0. The molecule has 2 bridgehead atoms. The first kappa shape index (κ1) is 31.8. The summed E-state index contributed by atoms with van der Waals surface area (Å²) in [5.41, 5.74) is -1.24. The molecule has 7 nitrogen and oxygen atoms in total. The minimum Gasteiger partial charge on any atom is -0.481 e. The lowest BCUT2D eigenvalue weighted by Crippen LogP contribution is -2.60. The summed E-state index contributed by atoms with van der Waals surface area (Å²) in [6.07, 6.45) is 5.71. The van der Waals surface area contributed by atoms with E-state index in [0.29, 0.717) is 42.8 Å². The second kappa shape index (κ2) is 11.5. The number of aliphatic carboxylic acids is 1. The number of piperidine rings is 1. The van der Waals surface area contributed by atoms with Crippen molar-refractivity contribution in [2.45, 2.75) is 105 Å². The molecule has 3 N–H and O–H groups in total. The van der Waals surface area contributed by atoms with Crippen LogP contribution in [0.2, 0.25) is 5.02 Å². The molecule has 8 heteroatoms. The number of amides is 2. The van der Waals surface area contributed by atoms with Crippen LogP contribution in [0.4, 0.5) is 0 Å². The first-order valence-corrected chi connectivity index (χ1v) is 15.6. The number of nitrogens with zero attached hydrogens (tertiary/aromatic N) is 1. The maximum Gasteiger partial charge on any atom is 0.303 e. The Morgan fingerprint density at radius 2 is 1.51 bits per heavy atom. The van der Waals surface area contributed by atoms with Crippen molar-refractivity contribution in [3.8, 4) is 0 Å². The number of aliphatic hydroxyl groups is 1. The van der Waals surface area contributed by atoms with Crippen molar-refractivity contribution in [3.05, 3.63) is 34.9 Å². The fraction of sp³-hybridized carbons (Fsp3) is 0.727. The second-order valence-corrected chi connectivity index (χ2v) is 15.6. The quantitative estimate of drug-likeness (QED) is 0.344. The van der Waals surface area contributed by atoms with Crippen molar-refractivity contribution in [1.82, 2.24) is 10.2 Å². The molecule has 2 unspecified atom stereocenters. The predicted octanol–water partition coefficient (Wildman–Crippen LogP) is 6.01. The summed E-state index contributed by atoms with van der Waals surface area (Å²) in [5, 5.41) is 24.8. The van der Waals surface area contributed by atoms with Crippen LogP contribution in [0.5, 0.6) is 0 Å². The van der Waals surface area contributed by atoms with Crippen LogP contribution in [0.3, 0.4) is 0 Å². The number of hydrogen-bond acceptors (Lipinski definition) is 4. The maximum atomic E-state index is 13.8. The molecule has 41 heavy (non-hydrogen) atoms. The van der Waals surface area contributed by atoms with E-state index >= 15 is 0 Å². The smallest absolute Gasteiger partial charge is 0.303 e. The largest absolute Gasteiger partial charge is 0.481 e. The Bertz CT molecular complexity index is 1130. The molecule has 0 radical (unpaired) electrons. The summed E-state index contributed by atoms with van der Waals surface area (Å²) in [4.78, 5) is 40.5. The number of carbonyl (C=O) groups is 3. The zero-order valence-electron chi connectivity index (χ0n) is 25.6. The van der Waals surface area contributed by atoms with Crippen LogP contribution in [-0.4, -0.2) is 52.0 Å². The highest BCUT2D eigenvalue weighted by molar-refractivity contribution is 6.30. The van der Waals surface area contributed by atoms with E-state index < -0.39 is 23.0 Å². The summed E-state index contributed by atoms with van der Waals surface area (Å²) in [5.74, 6) is -0.145. The number of hydrogen-bond donors (Lipinski definition) is 3. The van der Waals surface area contributed by atoms with Gasteiger partial charge < -0.3 is 20.4 Å². The van der Waals surface area contributed by atoms with Gasteiger partial charge >= 0.3 is 5.97 Å². The summed E-state index contributed by atoms with van der Waals surface area (Å²) in [6.45, 7) is 12.9. The first-order chi connectivity index (χ1) is 18.9. The lowest BCUT2D eigenvalue weighted by Gasteiger charge is -2.51. The SMILES string of the molecule is CC(C)[C@@H](NC(=O)CC1(C)CC2CC(CC(C)(CC(=O)O)C2)C1)C(=O)N1CC[C@](O)(c2ccc(Cl)cc2)C(C)(C)C1. The van der Waals surface area contributed by atoms with Crippen molar-refractivity contribution in [2.24, 2.45) is 34.0 Å². The van der Waals surface area contributed by atoms with Gasteiger partial charge in [-0.25, -0.2) is 0 Å². The van der Waals surface area contributed by atoms with E-state index in [2.05, 4.69) is 19.2 Å². The number of carboxylic acids is 1. The zero-order chi connectivity index (χ0) is 30.4. The number of fused-ring (bicyclic) bond motifs is 2. The normalized spacial score (nSPS) is 33.7. The van der Waals surface area contributed by atoms with E-state index in [4.69, 9.17) is 11.6 Å². The third kappa shape index (κ3) is 6.93. The van der Waals surface area contributed by atoms with Gasteiger partial charge in [-0.15, -0.1) is 0 Å². The van der Waals surface area contributed by atoms with Gasteiger partial charge in [0.1, 0.15) is 6.04 Å². The molecule has 3 fully saturated rings. The van der Waals surface area contributed by atoms with Gasteiger partial charge in [-0.3, -0.25) is 14.4 Å². The van der Waals surface area contributed by atoms with Gasteiger partial charge in [-0.2, -0.15) is 0 Å². The van der Waals surface area contributed by atoms with Crippen LogP contribution in [0.15, 0.2) is 24.3 Å². The van der Waals surface area contributed by atoms with Crippen LogP contribution in [-0.2, 0) is 20.0 Å². The second-order valence-electron chi connectivity index (χ2n) is 15.2. The van der Waals surface area contributed by atoms with Gasteiger partial charge in [0.05, 0.1) is 12.0 Å². The topological polar surface area (TPSA) is 107 Å². The van der Waals surface area contributed by atoms with Crippen LogP contribution >= 0.6 is 11.6 Å². The molecule has 2 amide bonds. The Morgan fingerprint density at radius 1 is 0.976 bits per heavy atom. The van der Waals surface area contributed by atoms with Crippen molar-refractivity contribution < 1.29 is 24.6 Å². The van der Waals surface area contributed by atoms with Gasteiger partial charge in [-0.1, -0.05) is 65.3 Å². The van der Waals surface area contributed by atoms with E-state index in [1.54, 1.807) is 17.0 Å². The highest BCUT2D eigenvalue weighted by Crippen LogP contribution is 2.56. The summed E-state index contributed by atoms with van der Waals surface area (Å²) < 4.78 is 0. The fourth-order valence-corrected chi connectivity index (χ4v) is 8.78. The van der Waals surface area contributed by atoms with E-state index in [1.165, 1.54) is 0 Å². The average molecular weight is 589 g/mol. The summed E-state index contributed by atoms with van der Waals surface area (Å²) in [6, 6.07) is 6.63. The molecule has 0 aromatic heterocycles. The van der Waals surface area contributed by atoms with Crippen molar-refractivity contribution in [1.29, 1.82) is 0 Å². The predicted molar refractivity (Wildman–Crippen MR) is 160 cm³/mol. The zero-order valence-corrected chi connectivity index (χ0v) is 26.4. The van der Waals surface area contributed by atoms with Crippen molar-refractivity contribution in [2.75, 3.05) is 13.1 Å². The van der Waals surface area contributed by atoms with Crippen LogP contribution in [0.25, 0.3) is 0 Å². The molecule has 2 saturated carbocycles. The molecule has 1 heterocycles. The highest BCUT2D eigenvalue weighted by Gasteiger charge is 2.51. The Morgan fingerprint density at radius 3 is 2.00 bits per heavy atom. The number of carboxylic acid groups (broad SMARTS) is 1. The number of rotatable bonds is 8. The van der Waals surface area contributed by atoms with E-state index in [-0.39, 0.29) is 35.0 Å². The van der Waals surface area contributed by atoms with Crippen LogP contribution in [0, 0.1) is 34.0 Å². The average Bonchev–Trinajstić information content (AvgIpc) is 2.82. The van der Waals surface area contributed by atoms with Gasteiger partial charge in [0.15, 0.2) is 0 Å². The van der Waals surface area contributed by atoms with Crippen LogP contribution < -0.4 is 5.32 Å². The molecule has 4 rings (SSSR count). The Hall–Kier alpha value is -2.12. The van der Waals surface area contributed by atoms with Crippen LogP contribution in [0.1, 0.15) is 98.5 Å². The molecule has 1 saturated heterocycles. The fourth-order valence-electron chi connectivity index (χ4n) is 8.65. The van der Waals surface area contributed by atoms with Gasteiger partial charge in [-0.05, 0) is 84.8 Å². The van der Waals surface area contributed by atoms with Crippen molar-refractivity contribution >= 4 is 29.4 Å². The van der Waals surface area contributed by atoms with E-state index in [0.717, 1.165) is 37.7 Å². The lowest BCUT2D eigenvalue weighted by atomic mass is 9.54. The molecule has 228 valence electrons. The van der Waals surface area contributed by atoms with Gasteiger partial charge in [0, 0.05) is 29.9 Å². The van der Waals surface area contributed by atoms with E-state index in [1.807, 2.05) is 39.8 Å². The minimum absolute atomic E-state index is 0.0816. The Kier molecular flexibility index (Phi) is 8.94. The monoisotopic (exact) mass is 588 g/mol. The Balaban J connectivity index is 1.39. The number of nitrogens with one attached hydrogen (secondary N) is 1. The number of benzene rings is 1. The molecule has 3 aliphatic rings. The summed E-state index contributed by atoms with van der Waals surface area (Å²) >= 11 is 6.07. The third-order valence-electron chi connectivity index (χ3n) is 10.3. The number of carbonyl (C=O) groups excluding carboxylic acids is 2. The lowest BCUT2D eigenvalue weighted by molar-refractivity contribution is -0.157. The number of halogens is 1. The van der Waals surface area contributed by atoms with Gasteiger partial charge in [0.25, 0.3) is 0 Å². The molecular weight excluding hydrogens is 540 g/mol. The van der Waals surface area contributed by atoms with E-state index in [9.17, 15) is 24.6 Å². The van der Waals surface area contributed by atoms with Crippen molar-refractivity contribution in [3.63, 3.8) is 0 Å². The molecule has 0 spiro atoms. The molecular formula is C33H49ClN2O5. The first-order valence-electron chi connectivity index (χ1n) is 15.2. The standard InChI is InChI=1S/C33H49ClN2O5/c1-21(2)28(29(40)36-12-11-33(41,30(3,4)20-36)24-7-9-25(34)10-8-24)35-26(37)18-31(5)14-22-13-23(15-31)17-32(6,16-22)19-27(38)39/h7-10,21-23,28,41H,11-20H2,1-6H3,(H,35,37)(H,38,39)/t22?,23?,28-,31?,32?,33+/m1/s1. The molecule has 1 aliphatic heterocycles. The Labute approximate surface area is 250 Å². The molecule has 4 atom stereocenters. The van der Waals surface area contributed by atoms with Gasteiger partial charge in [0.2, 0.25) is 11.8 Å². The maximum absolute atomic E-state index is 13.8. The third-order valence-corrected chi connectivity index (χ3v) is 10.5. The molecule has 2 aliphatic carbocycles. The molecule has 1 aromatic carbocycles. The molecule has 1 aromatic rings. The minimum atomic E-state index is -1.10.